The van der Waals surface area contributed by atoms with E-state index < -0.39 is 0 Å². The Morgan fingerprint density at radius 2 is 1.96 bits per heavy atom. The topological polar surface area (TPSA) is 59.9 Å². The number of nitrogens with one attached hydrogen (secondary N) is 1. The first-order valence-electron chi connectivity index (χ1n) is 6.95. The summed E-state index contributed by atoms with van der Waals surface area (Å²) in [6.45, 7) is 1.72. The van der Waals surface area contributed by atoms with E-state index in [9.17, 15) is 4.79 Å². The first-order chi connectivity index (χ1) is 11.1. The van der Waals surface area contributed by atoms with Crippen molar-refractivity contribution in [2.45, 2.75) is 6.92 Å². The van der Waals surface area contributed by atoms with Crippen LogP contribution in [-0.4, -0.2) is 25.3 Å². The Morgan fingerprint density at radius 1 is 1.22 bits per heavy atom. The van der Waals surface area contributed by atoms with E-state index in [-0.39, 0.29) is 12.5 Å². The number of carbonyl (C=O) groups is 1. The monoisotopic (exact) mass is 376 g/mol. The number of carbonyl (C=O) groups excluding carboxylic acids is 1. The summed E-state index contributed by atoms with van der Waals surface area (Å²) in [4.78, 5) is 11.7. The van der Waals surface area contributed by atoms with Crippen LogP contribution in [0.2, 0.25) is 0 Å². The molecule has 0 aliphatic carbocycles. The van der Waals surface area contributed by atoms with Gasteiger partial charge in [-0.25, -0.2) is 5.43 Å². The van der Waals surface area contributed by atoms with Crippen LogP contribution in [0.5, 0.6) is 11.5 Å². The second-order valence-corrected chi connectivity index (χ2v) is 5.54. The molecule has 0 radical (unpaired) electrons. The highest BCUT2D eigenvalue weighted by molar-refractivity contribution is 9.10. The third-order valence-corrected chi connectivity index (χ3v) is 3.65. The number of halogens is 1. The predicted octanol–water partition coefficient (Wildman–Crippen LogP) is 3.38. The van der Waals surface area contributed by atoms with E-state index in [4.69, 9.17) is 9.47 Å². The van der Waals surface area contributed by atoms with Gasteiger partial charge in [0.25, 0.3) is 5.91 Å². The maximum absolute atomic E-state index is 11.7. The fraction of sp³-hybridized carbons (Fsp3) is 0.176. The Kier molecular flexibility index (Phi) is 6.17. The zero-order valence-electron chi connectivity index (χ0n) is 12.9. The van der Waals surface area contributed by atoms with Crippen molar-refractivity contribution in [2.24, 2.45) is 5.10 Å². The van der Waals surface area contributed by atoms with Crippen LogP contribution >= 0.6 is 15.9 Å². The second-order valence-electron chi connectivity index (χ2n) is 4.68. The fourth-order valence-electron chi connectivity index (χ4n) is 1.80. The maximum Gasteiger partial charge on any atom is 0.277 e. The lowest BCUT2D eigenvalue weighted by Crippen LogP contribution is -2.25. The molecule has 0 fully saturated rings. The zero-order chi connectivity index (χ0) is 16.7. The minimum atomic E-state index is -0.319. The maximum atomic E-state index is 11.7. The zero-order valence-corrected chi connectivity index (χ0v) is 14.5. The predicted molar refractivity (Wildman–Crippen MR) is 93.0 cm³/mol. The van der Waals surface area contributed by atoms with E-state index in [1.807, 2.05) is 43.3 Å². The van der Waals surface area contributed by atoms with Crippen molar-refractivity contribution < 1.29 is 14.3 Å². The van der Waals surface area contributed by atoms with Crippen molar-refractivity contribution in [2.75, 3.05) is 13.7 Å². The normalized spacial score (nSPS) is 11.0. The number of hydrazone groups is 1. The number of para-hydroxylation sites is 1. The van der Waals surface area contributed by atoms with E-state index in [0.29, 0.717) is 11.5 Å². The first-order valence-corrected chi connectivity index (χ1v) is 7.74. The lowest BCUT2D eigenvalue weighted by atomic mass is 10.1. The van der Waals surface area contributed by atoms with Gasteiger partial charge in [-0.15, -0.1) is 0 Å². The van der Waals surface area contributed by atoms with Gasteiger partial charge in [0.15, 0.2) is 6.61 Å². The third-order valence-electron chi connectivity index (χ3n) is 3.03. The molecule has 0 saturated carbocycles. The molecule has 0 saturated heterocycles. The molecule has 0 aliphatic rings. The number of benzene rings is 2. The number of ether oxygens (including phenoxy) is 2. The van der Waals surface area contributed by atoms with Gasteiger partial charge in [-0.3, -0.25) is 4.79 Å². The molecule has 0 aliphatic heterocycles. The van der Waals surface area contributed by atoms with Crippen LogP contribution in [0.3, 0.4) is 0 Å². The summed E-state index contributed by atoms with van der Waals surface area (Å²) in [5, 5.41) is 4.08. The molecule has 120 valence electrons. The van der Waals surface area contributed by atoms with E-state index in [1.54, 1.807) is 19.2 Å². The van der Waals surface area contributed by atoms with E-state index in [1.165, 1.54) is 0 Å². The molecule has 0 bridgehead atoms. The van der Waals surface area contributed by atoms with Gasteiger partial charge in [0, 0.05) is 0 Å². The third kappa shape index (κ3) is 5.10. The Labute approximate surface area is 143 Å². The molecule has 0 aromatic heterocycles. The molecule has 6 heteroatoms. The van der Waals surface area contributed by atoms with Crippen LogP contribution in [0.15, 0.2) is 58.1 Å². The highest BCUT2D eigenvalue weighted by atomic mass is 79.9. The number of hydrogen-bond acceptors (Lipinski definition) is 4. The summed E-state index contributed by atoms with van der Waals surface area (Å²) in [7, 11) is 1.60. The molecule has 2 aromatic rings. The molecule has 2 aromatic carbocycles. The summed E-state index contributed by atoms with van der Waals surface area (Å²) >= 11 is 3.42. The first kappa shape index (κ1) is 17.0. The van der Waals surface area contributed by atoms with Gasteiger partial charge in [0.05, 0.1) is 17.3 Å². The van der Waals surface area contributed by atoms with Crippen LogP contribution in [0.4, 0.5) is 0 Å². The van der Waals surface area contributed by atoms with Crippen LogP contribution in [0, 0.1) is 0 Å². The van der Waals surface area contributed by atoms with Crippen LogP contribution in [0.25, 0.3) is 0 Å². The lowest BCUT2D eigenvalue weighted by molar-refractivity contribution is -0.123. The summed E-state index contributed by atoms with van der Waals surface area (Å²) in [5.41, 5.74) is 4.04. The summed E-state index contributed by atoms with van der Waals surface area (Å²) < 4.78 is 11.4. The van der Waals surface area contributed by atoms with Gasteiger partial charge in [0.1, 0.15) is 11.5 Å². The van der Waals surface area contributed by atoms with Crippen molar-refractivity contribution in [1.29, 1.82) is 0 Å². The van der Waals surface area contributed by atoms with Crippen LogP contribution < -0.4 is 14.9 Å². The van der Waals surface area contributed by atoms with Crippen molar-refractivity contribution in [3.05, 3.63) is 58.6 Å². The Bertz CT molecular complexity index is 702. The Balaban J connectivity index is 1.91. The summed E-state index contributed by atoms with van der Waals surface area (Å²) in [5.74, 6) is 1.06. The molecule has 0 atom stereocenters. The van der Waals surface area contributed by atoms with Gasteiger partial charge in [-0.2, -0.15) is 5.10 Å². The summed E-state index contributed by atoms with van der Waals surface area (Å²) in [6, 6.07) is 14.7. The number of hydrogen-bond donors (Lipinski definition) is 1. The molecule has 1 N–H and O–H groups in total. The molecule has 1 amide bonds. The average Bonchev–Trinajstić information content (AvgIpc) is 2.58. The van der Waals surface area contributed by atoms with E-state index in [2.05, 4.69) is 26.5 Å². The summed E-state index contributed by atoms with van der Waals surface area (Å²) in [6.07, 6.45) is 0. The molecule has 0 heterocycles. The molecular weight excluding hydrogens is 360 g/mol. The lowest BCUT2D eigenvalue weighted by Gasteiger charge is -2.07. The van der Waals surface area contributed by atoms with Crippen molar-refractivity contribution in [3.63, 3.8) is 0 Å². The standard InChI is InChI=1S/C17H17BrN2O3/c1-12(13-8-9-16(22-2)15(18)10-13)19-20-17(21)11-23-14-6-4-3-5-7-14/h3-10H,11H2,1-2H3,(H,20,21)/b19-12-. The Morgan fingerprint density at radius 3 is 2.61 bits per heavy atom. The number of nitrogens with zero attached hydrogens (tertiary/aromatic N) is 1. The largest absolute Gasteiger partial charge is 0.496 e. The highest BCUT2D eigenvalue weighted by Crippen LogP contribution is 2.25. The second kappa shape index (κ2) is 8.33. The van der Waals surface area contributed by atoms with E-state index in [0.717, 1.165) is 15.8 Å². The van der Waals surface area contributed by atoms with Crippen LogP contribution in [-0.2, 0) is 4.79 Å². The van der Waals surface area contributed by atoms with Crippen molar-refractivity contribution in [3.8, 4) is 11.5 Å². The van der Waals surface area contributed by atoms with Crippen LogP contribution in [0.1, 0.15) is 12.5 Å². The molecule has 2 rings (SSSR count). The van der Waals surface area contributed by atoms with Crippen molar-refractivity contribution >= 4 is 27.5 Å². The molecule has 0 unspecified atom stereocenters. The smallest absolute Gasteiger partial charge is 0.277 e. The van der Waals surface area contributed by atoms with Gasteiger partial charge in [-0.1, -0.05) is 18.2 Å². The molecule has 5 nitrogen and oxygen atoms in total. The van der Waals surface area contributed by atoms with E-state index >= 15 is 0 Å². The minimum Gasteiger partial charge on any atom is -0.496 e. The molecular formula is C17H17BrN2O3. The highest BCUT2D eigenvalue weighted by Gasteiger charge is 2.05. The van der Waals surface area contributed by atoms with Gasteiger partial charge < -0.3 is 9.47 Å². The fourth-order valence-corrected chi connectivity index (χ4v) is 2.34. The SMILES string of the molecule is COc1ccc(/C(C)=N\NC(=O)COc2ccccc2)cc1Br. The Hall–Kier alpha value is -2.34. The quantitative estimate of drug-likeness (QED) is 0.620. The number of amides is 1. The van der Waals surface area contributed by atoms with Gasteiger partial charge in [-0.05, 0) is 58.7 Å². The number of rotatable bonds is 6. The number of methoxy groups -OCH3 is 1. The van der Waals surface area contributed by atoms with Gasteiger partial charge >= 0.3 is 0 Å². The average molecular weight is 377 g/mol. The molecule has 0 spiro atoms. The van der Waals surface area contributed by atoms with Gasteiger partial charge in [0.2, 0.25) is 0 Å². The molecule has 23 heavy (non-hydrogen) atoms. The van der Waals surface area contributed by atoms with Crippen molar-refractivity contribution in [1.82, 2.24) is 5.43 Å². The minimum absolute atomic E-state index is 0.0902.